The fourth-order valence-electron chi connectivity index (χ4n) is 4.24. The molecule has 0 aliphatic heterocycles. The van der Waals surface area contributed by atoms with Gasteiger partial charge in [-0.05, 0) is 67.6 Å². The molecule has 1 saturated carbocycles. The van der Waals surface area contributed by atoms with Gasteiger partial charge in [-0.1, -0.05) is 24.4 Å². The third-order valence-electron chi connectivity index (χ3n) is 5.64. The zero-order valence-electron chi connectivity index (χ0n) is 15.6. The van der Waals surface area contributed by atoms with Crippen molar-refractivity contribution in [3.8, 4) is 0 Å². The van der Waals surface area contributed by atoms with Gasteiger partial charge in [0.15, 0.2) is 9.84 Å². The molecule has 0 bridgehead atoms. The van der Waals surface area contributed by atoms with Crippen LogP contribution in [0.3, 0.4) is 0 Å². The number of halogens is 3. The third-order valence-corrected chi connectivity index (χ3v) is 8.40. The summed E-state index contributed by atoms with van der Waals surface area (Å²) >= 11 is 5.88. The first-order chi connectivity index (χ1) is 13.7. The van der Waals surface area contributed by atoms with E-state index in [-0.39, 0.29) is 42.1 Å². The van der Waals surface area contributed by atoms with E-state index < -0.39 is 32.2 Å². The maximum Gasteiger partial charge on any atom is 0.303 e. The average molecular weight is 443 g/mol. The van der Waals surface area contributed by atoms with E-state index in [9.17, 15) is 22.0 Å². The maximum absolute atomic E-state index is 14.8. The van der Waals surface area contributed by atoms with Gasteiger partial charge in [-0.2, -0.15) is 0 Å². The van der Waals surface area contributed by atoms with E-state index in [1.807, 2.05) is 0 Å². The highest BCUT2D eigenvalue weighted by Gasteiger charge is 2.50. The molecular weight excluding hydrogens is 422 g/mol. The van der Waals surface area contributed by atoms with Crippen LogP contribution < -0.4 is 0 Å². The van der Waals surface area contributed by atoms with E-state index >= 15 is 0 Å². The second-order valence-electron chi connectivity index (χ2n) is 7.47. The minimum Gasteiger partial charge on any atom is -0.481 e. The summed E-state index contributed by atoms with van der Waals surface area (Å²) < 4.78 is 54.6. The van der Waals surface area contributed by atoms with Gasteiger partial charge in [0, 0.05) is 17.0 Å². The van der Waals surface area contributed by atoms with E-state index in [2.05, 4.69) is 0 Å². The largest absolute Gasteiger partial charge is 0.481 e. The summed E-state index contributed by atoms with van der Waals surface area (Å²) in [5.74, 6) is -2.72. The Morgan fingerprint density at radius 3 is 2.52 bits per heavy atom. The van der Waals surface area contributed by atoms with Crippen LogP contribution in [0.1, 0.15) is 44.1 Å². The number of carboxylic acid groups (broad SMARTS) is 1. The molecular formula is C21H21ClF2O4S. The van der Waals surface area contributed by atoms with Gasteiger partial charge in [-0.25, -0.2) is 17.2 Å². The van der Waals surface area contributed by atoms with Gasteiger partial charge in [0.1, 0.15) is 16.4 Å². The Balaban J connectivity index is 2.15. The quantitative estimate of drug-likeness (QED) is 0.655. The molecule has 2 aromatic carbocycles. The molecule has 2 atom stereocenters. The van der Waals surface area contributed by atoms with Crippen LogP contribution in [-0.2, 0) is 19.4 Å². The molecule has 3 rings (SSSR count). The molecule has 2 aromatic rings. The molecule has 1 fully saturated rings. The van der Waals surface area contributed by atoms with Crippen molar-refractivity contribution in [2.45, 2.75) is 48.2 Å². The van der Waals surface area contributed by atoms with Crippen molar-refractivity contribution in [2.75, 3.05) is 0 Å². The molecule has 0 spiro atoms. The predicted molar refractivity (Wildman–Crippen MR) is 106 cm³/mol. The van der Waals surface area contributed by atoms with Crippen molar-refractivity contribution >= 4 is 27.4 Å². The number of carboxylic acids is 1. The molecule has 0 heterocycles. The van der Waals surface area contributed by atoms with Gasteiger partial charge in [-0.15, -0.1) is 0 Å². The van der Waals surface area contributed by atoms with Crippen LogP contribution in [0.5, 0.6) is 0 Å². The number of carbonyl (C=O) groups is 1. The number of rotatable bonds is 6. The molecule has 0 aromatic heterocycles. The van der Waals surface area contributed by atoms with Gasteiger partial charge >= 0.3 is 5.97 Å². The highest BCUT2D eigenvalue weighted by Crippen LogP contribution is 2.50. The lowest BCUT2D eigenvalue weighted by Crippen LogP contribution is -2.41. The number of sulfone groups is 1. The topological polar surface area (TPSA) is 71.4 Å². The molecule has 0 radical (unpaired) electrons. The summed E-state index contributed by atoms with van der Waals surface area (Å²) in [7, 11) is -4.12. The van der Waals surface area contributed by atoms with Crippen LogP contribution >= 0.6 is 11.6 Å². The van der Waals surface area contributed by atoms with Crippen LogP contribution in [0.2, 0.25) is 5.02 Å². The Labute approximate surface area is 173 Å². The van der Waals surface area contributed by atoms with Crippen molar-refractivity contribution in [1.29, 1.82) is 0 Å². The molecule has 29 heavy (non-hydrogen) atoms. The van der Waals surface area contributed by atoms with E-state index in [0.717, 1.165) is 18.2 Å². The van der Waals surface area contributed by atoms with E-state index in [1.165, 1.54) is 24.3 Å². The van der Waals surface area contributed by atoms with Gasteiger partial charge in [0.25, 0.3) is 0 Å². The highest BCUT2D eigenvalue weighted by molar-refractivity contribution is 7.92. The molecule has 4 nitrogen and oxygen atoms in total. The van der Waals surface area contributed by atoms with Crippen LogP contribution in [0, 0.1) is 17.6 Å². The molecule has 1 unspecified atom stereocenters. The number of benzene rings is 2. The second-order valence-corrected chi connectivity index (χ2v) is 10.2. The first kappa shape index (κ1) is 21.7. The molecule has 1 aliphatic carbocycles. The monoisotopic (exact) mass is 442 g/mol. The minimum atomic E-state index is -4.12. The molecule has 156 valence electrons. The minimum absolute atomic E-state index is 0.0237. The predicted octanol–water partition coefficient (Wildman–Crippen LogP) is 5.34. The lowest BCUT2D eigenvalue weighted by atomic mass is 9.75. The van der Waals surface area contributed by atoms with Gasteiger partial charge < -0.3 is 5.11 Å². The molecule has 8 heteroatoms. The molecule has 1 N–H and O–H groups in total. The Hall–Kier alpha value is -1.99. The van der Waals surface area contributed by atoms with Crippen molar-refractivity contribution in [2.24, 2.45) is 5.92 Å². The average Bonchev–Trinajstić information content (AvgIpc) is 2.68. The number of aliphatic carboxylic acids is 1. The fraction of sp³-hybridized carbons (Fsp3) is 0.381. The fourth-order valence-corrected chi connectivity index (χ4v) is 6.63. The summed E-state index contributed by atoms with van der Waals surface area (Å²) in [6.45, 7) is 0. The summed E-state index contributed by atoms with van der Waals surface area (Å²) in [6.07, 6.45) is 1.44. The zero-order valence-corrected chi connectivity index (χ0v) is 17.1. The molecule has 1 aliphatic rings. The first-order valence-electron chi connectivity index (χ1n) is 9.33. The summed E-state index contributed by atoms with van der Waals surface area (Å²) in [5.41, 5.74) is -0.201. The standard InChI is InChI=1S/C21H21ClF2O4S/c22-15-4-7-17(8-5-15)29(27,28)21(18-12-16(23)6-9-19(18)24)11-1-2-14(13-21)3-10-20(25)26/h4-9,12,14H,1-3,10-11,13H2,(H,25,26)/t14?,21-/m1/s1. The second kappa shape index (κ2) is 8.40. The highest BCUT2D eigenvalue weighted by atomic mass is 35.5. The Bertz CT molecular complexity index is 1010. The van der Waals surface area contributed by atoms with E-state index in [0.29, 0.717) is 17.9 Å². The van der Waals surface area contributed by atoms with Crippen molar-refractivity contribution < 1.29 is 27.1 Å². The summed E-state index contributed by atoms with van der Waals surface area (Å²) in [6, 6.07) is 8.43. The smallest absolute Gasteiger partial charge is 0.303 e. The molecule has 0 amide bonds. The van der Waals surface area contributed by atoms with Crippen LogP contribution in [0.25, 0.3) is 0 Å². The van der Waals surface area contributed by atoms with Crippen LogP contribution in [-0.4, -0.2) is 19.5 Å². The van der Waals surface area contributed by atoms with Gasteiger partial charge in [0.05, 0.1) is 4.90 Å². The van der Waals surface area contributed by atoms with E-state index in [1.54, 1.807) is 0 Å². The zero-order chi connectivity index (χ0) is 21.2. The van der Waals surface area contributed by atoms with Crippen LogP contribution in [0.4, 0.5) is 8.78 Å². The SMILES string of the molecule is O=C(O)CCC1CCC[C@@](c2cc(F)ccc2F)(S(=O)(=O)c2ccc(Cl)cc2)C1. The van der Waals surface area contributed by atoms with Crippen molar-refractivity contribution in [1.82, 2.24) is 0 Å². The third kappa shape index (κ3) is 4.31. The van der Waals surface area contributed by atoms with Crippen molar-refractivity contribution in [3.05, 3.63) is 64.7 Å². The number of hydrogen-bond acceptors (Lipinski definition) is 3. The van der Waals surface area contributed by atoms with Gasteiger partial charge in [0.2, 0.25) is 0 Å². The number of hydrogen-bond donors (Lipinski definition) is 1. The molecule has 0 saturated heterocycles. The summed E-state index contributed by atoms with van der Waals surface area (Å²) in [5, 5.41) is 9.35. The normalized spacial score (nSPS) is 22.4. The Morgan fingerprint density at radius 1 is 1.17 bits per heavy atom. The van der Waals surface area contributed by atoms with Crippen molar-refractivity contribution in [3.63, 3.8) is 0 Å². The van der Waals surface area contributed by atoms with Crippen LogP contribution in [0.15, 0.2) is 47.4 Å². The lowest BCUT2D eigenvalue weighted by Gasteiger charge is -2.41. The van der Waals surface area contributed by atoms with Gasteiger partial charge in [-0.3, -0.25) is 4.79 Å². The Morgan fingerprint density at radius 2 is 1.86 bits per heavy atom. The lowest BCUT2D eigenvalue weighted by molar-refractivity contribution is -0.137. The maximum atomic E-state index is 14.8. The first-order valence-corrected chi connectivity index (χ1v) is 11.2. The van der Waals surface area contributed by atoms with E-state index in [4.69, 9.17) is 16.7 Å². The summed E-state index contributed by atoms with van der Waals surface area (Å²) in [4.78, 5) is 11.0. The Kier molecular flexibility index (Phi) is 6.29.